The van der Waals surface area contributed by atoms with E-state index >= 15 is 0 Å². The fourth-order valence-electron chi connectivity index (χ4n) is 1.53. The molecule has 0 unspecified atom stereocenters. The van der Waals surface area contributed by atoms with Crippen LogP contribution >= 0.6 is 0 Å². The van der Waals surface area contributed by atoms with Gasteiger partial charge in [0.1, 0.15) is 5.69 Å². The second-order valence-corrected chi connectivity index (χ2v) is 3.25. The molecular weight excluding hydrogens is 192 g/mol. The zero-order valence-corrected chi connectivity index (χ0v) is 8.06. The molecule has 1 aromatic carbocycles. The normalized spacial score (nSPS) is 11.0. The fraction of sp³-hybridized carbons (Fsp3) is 0.100. The van der Waals surface area contributed by atoms with Crippen LogP contribution in [-0.4, -0.2) is 20.3 Å². The first-order valence-electron chi connectivity index (χ1n) is 4.58. The smallest absolute Gasteiger partial charge is 0.223 e. The Bertz CT molecular complexity index is 610. The predicted molar refractivity (Wildman–Crippen MR) is 54.1 cm³/mol. The highest BCUT2D eigenvalue weighted by Gasteiger charge is 2.12. The average molecular weight is 200 g/mol. The number of aromatic nitrogens is 4. The van der Waals surface area contributed by atoms with E-state index in [9.17, 15) is 0 Å². The van der Waals surface area contributed by atoms with E-state index in [1.807, 2.05) is 24.3 Å². The molecule has 0 amide bonds. The van der Waals surface area contributed by atoms with E-state index in [4.69, 9.17) is 4.52 Å². The van der Waals surface area contributed by atoms with Gasteiger partial charge in [-0.2, -0.15) is 10.1 Å². The molecule has 2 heterocycles. The van der Waals surface area contributed by atoms with Crippen molar-refractivity contribution in [3.63, 3.8) is 0 Å². The minimum atomic E-state index is 0.518. The summed E-state index contributed by atoms with van der Waals surface area (Å²) in [5, 5.41) is 11.9. The summed E-state index contributed by atoms with van der Waals surface area (Å²) in [6, 6.07) is 7.83. The molecule has 1 N–H and O–H groups in total. The van der Waals surface area contributed by atoms with E-state index in [2.05, 4.69) is 20.3 Å². The van der Waals surface area contributed by atoms with Crippen molar-refractivity contribution >= 4 is 10.9 Å². The maximum atomic E-state index is 4.92. The van der Waals surface area contributed by atoms with E-state index < -0.39 is 0 Å². The molecule has 3 aromatic rings. The van der Waals surface area contributed by atoms with Crippen molar-refractivity contribution in [1.82, 2.24) is 20.3 Å². The van der Waals surface area contributed by atoms with Crippen LogP contribution in [0.1, 0.15) is 5.89 Å². The van der Waals surface area contributed by atoms with Crippen molar-refractivity contribution in [3.8, 4) is 11.5 Å². The van der Waals surface area contributed by atoms with Gasteiger partial charge in [0.05, 0.1) is 5.52 Å². The standard InChI is InChI=1S/C10H8N4O/c1-6-11-10(14-15-6)9-7-4-2-3-5-8(7)12-13-9/h2-5H,1H3,(H,12,13). The van der Waals surface area contributed by atoms with Gasteiger partial charge in [-0.3, -0.25) is 5.10 Å². The van der Waals surface area contributed by atoms with Gasteiger partial charge in [0.15, 0.2) is 0 Å². The first-order chi connectivity index (χ1) is 7.34. The van der Waals surface area contributed by atoms with E-state index in [0.29, 0.717) is 11.7 Å². The largest absolute Gasteiger partial charge is 0.339 e. The second kappa shape index (κ2) is 2.91. The molecule has 0 aliphatic carbocycles. The first kappa shape index (κ1) is 8.16. The highest BCUT2D eigenvalue weighted by atomic mass is 16.5. The van der Waals surface area contributed by atoms with Crippen LogP contribution < -0.4 is 0 Å². The van der Waals surface area contributed by atoms with Crippen LogP contribution in [0, 0.1) is 6.92 Å². The molecule has 15 heavy (non-hydrogen) atoms. The summed E-state index contributed by atoms with van der Waals surface area (Å²) in [7, 11) is 0. The number of hydrogen-bond donors (Lipinski definition) is 1. The second-order valence-electron chi connectivity index (χ2n) is 3.25. The molecule has 0 aliphatic heterocycles. The maximum Gasteiger partial charge on any atom is 0.223 e. The maximum absolute atomic E-state index is 4.92. The number of hydrogen-bond acceptors (Lipinski definition) is 4. The lowest BCUT2D eigenvalue weighted by Gasteiger charge is -1.88. The Labute approximate surface area is 85.1 Å². The van der Waals surface area contributed by atoms with Gasteiger partial charge in [-0.1, -0.05) is 23.4 Å². The Kier molecular flexibility index (Phi) is 1.58. The highest BCUT2D eigenvalue weighted by Crippen LogP contribution is 2.23. The molecule has 0 atom stereocenters. The van der Waals surface area contributed by atoms with Crippen LogP contribution in [0.5, 0.6) is 0 Å². The van der Waals surface area contributed by atoms with Gasteiger partial charge in [0, 0.05) is 12.3 Å². The summed E-state index contributed by atoms with van der Waals surface area (Å²) in [5.41, 5.74) is 1.69. The van der Waals surface area contributed by atoms with Crippen LogP contribution in [0.4, 0.5) is 0 Å². The lowest BCUT2D eigenvalue weighted by molar-refractivity contribution is 0.394. The van der Waals surface area contributed by atoms with Crippen molar-refractivity contribution in [2.75, 3.05) is 0 Å². The van der Waals surface area contributed by atoms with Gasteiger partial charge in [-0.15, -0.1) is 0 Å². The van der Waals surface area contributed by atoms with Crippen molar-refractivity contribution in [2.45, 2.75) is 6.92 Å². The number of aryl methyl sites for hydroxylation is 1. The van der Waals surface area contributed by atoms with Gasteiger partial charge in [-0.25, -0.2) is 0 Å². The third-order valence-electron chi connectivity index (χ3n) is 2.21. The number of para-hydroxylation sites is 1. The Balaban J connectivity index is 2.27. The molecule has 0 fully saturated rings. The summed E-state index contributed by atoms with van der Waals surface area (Å²) in [4.78, 5) is 4.14. The summed E-state index contributed by atoms with van der Waals surface area (Å²) < 4.78 is 4.92. The topological polar surface area (TPSA) is 67.6 Å². The Hall–Kier alpha value is -2.17. The van der Waals surface area contributed by atoms with Crippen molar-refractivity contribution in [2.24, 2.45) is 0 Å². The molecule has 0 spiro atoms. The summed E-state index contributed by atoms with van der Waals surface area (Å²) in [6.07, 6.45) is 0. The molecule has 2 aromatic heterocycles. The lowest BCUT2D eigenvalue weighted by Crippen LogP contribution is -1.81. The number of nitrogens with zero attached hydrogens (tertiary/aromatic N) is 3. The van der Waals surface area contributed by atoms with Crippen LogP contribution in [0.2, 0.25) is 0 Å². The quantitative estimate of drug-likeness (QED) is 0.651. The number of benzene rings is 1. The van der Waals surface area contributed by atoms with Crippen molar-refractivity contribution < 1.29 is 4.52 Å². The highest BCUT2D eigenvalue weighted by molar-refractivity contribution is 5.90. The van der Waals surface area contributed by atoms with Crippen LogP contribution in [-0.2, 0) is 0 Å². The van der Waals surface area contributed by atoms with Gasteiger partial charge in [-0.05, 0) is 6.07 Å². The van der Waals surface area contributed by atoms with Gasteiger partial charge >= 0.3 is 0 Å². The number of fused-ring (bicyclic) bond motifs is 1. The van der Waals surface area contributed by atoms with E-state index in [1.165, 1.54) is 0 Å². The van der Waals surface area contributed by atoms with E-state index in [-0.39, 0.29) is 0 Å². The molecule has 0 radical (unpaired) electrons. The van der Waals surface area contributed by atoms with E-state index in [1.54, 1.807) is 6.92 Å². The molecule has 5 nitrogen and oxygen atoms in total. The Morgan fingerprint density at radius 2 is 2.13 bits per heavy atom. The number of aromatic amines is 1. The monoisotopic (exact) mass is 200 g/mol. The van der Waals surface area contributed by atoms with Gasteiger partial charge in [0.25, 0.3) is 0 Å². The summed E-state index contributed by atoms with van der Waals surface area (Å²) >= 11 is 0. The molecule has 74 valence electrons. The lowest BCUT2D eigenvalue weighted by atomic mass is 10.2. The Morgan fingerprint density at radius 3 is 2.93 bits per heavy atom. The number of H-pyrrole nitrogens is 1. The zero-order chi connectivity index (χ0) is 10.3. The molecule has 3 rings (SSSR count). The summed E-state index contributed by atoms with van der Waals surface area (Å²) in [6.45, 7) is 1.76. The fourth-order valence-corrected chi connectivity index (χ4v) is 1.53. The van der Waals surface area contributed by atoms with Crippen LogP contribution in [0.15, 0.2) is 28.8 Å². The first-order valence-corrected chi connectivity index (χ1v) is 4.58. The third-order valence-corrected chi connectivity index (χ3v) is 2.21. The zero-order valence-electron chi connectivity index (χ0n) is 8.06. The molecule has 0 aliphatic rings. The number of nitrogens with one attached hydrogen (secondary N) is 1. The van der Waals surface area contributed by atoms with Crippen molar-refractivity contribution in [3.05, 3.63) is 30.2 Å². The molecular formula is C10H8N4O. The minimum absolute atomic E-state index is 0.518. The van der Waals surface area contributed by atoms with Gasteiger partial charge in [0.2, 0.25) is 11.7 Å². The predicted octanol–water partition coefficient (Wildman–Crippen LogP) is 1.92. The van der Waals surface area contributed by atoms with Gasteiger partial charge < -0.3 is 4.52 Å². The molecule has 0 bridgehead atoms. The minimum Gasteiger partial charge on any atom is -0.339 e. The summed E-state index contributed by atoms with van der Waals surface area (Å²) in [5.74, 6) is 1.06. The average Bonchev–Trinajstić information content (AvgIpc) is 2.83. The molecule has 0 saturated carbocycles. The van der Waals surface area contributed by atoms with Crippen LogP contribution in [0.25, 0.3) is 22.4 Å². The Morgan fingerprint density at radius 1 is 1.27 bits per heavy atom. The SMILES string of the molecule is Cc1nc(-c2n[nH]c3ccccc23)no1. The van der Waals surface area contributed by atoms with Crippen LogP contribution in [0.3, 0.4) is 0 Å². The molecule has 0 saturated heterocycles. The van der Waals surface area contributed by atoms with Crippen molar-refractivity contribution in [1.29, 1.82) is 0 Å². The van der Waals surface area contributed by atoms with E-state index in [0.717, 1.165) is 16.6 Å². The number of rotatable bonds is 1. The third kappa shape index (κ3) is 1.20. The molecule has 5 heteroatoms.